The lowest BCUT2D eigenvalue weighted by Crippen LogP contribution is -2.43. The highest BCUT2D eigenvalue weighted by Gasteiger charge is 2.30. The number of nitrogens with zero attached hydrogens (tertiary/aromatic N) is 1. The SMILES string of the molecule is O=C(O)CN1Cc2ccc(C(=O)O)cc2NC(CCc2ccccc2)C1=O. The van der Waals surface area contributed by atoms with Crippen LogP contribution >= 0.6 is 0 Å². The van der Waals surface area contributed by atoms with Gasteiger partial charge in [-0.25, -0.2) is 4.79 Å². The summed E-state index contributed by atoms with van der Waals surface area (Å²) in [6, 6.07) is 13.6. The van der Waals surface area contributed by atoms with E-state index in [9.17, 15) is 19.5 Å². The predicted octanol–water partition coefficient (Wildman–Crippen LogP) is 2.22. The van der Waals surface area contributed by atoms with Gasteiger partial charge in [0.05, 0.1) is 5.56 Å². The fraction of sp³-hybridized carbons (Fsp3) is 0.250. The van der Waals surface area contributed by atoms with Crippen molar-refractivity contribution in [3.05, 3.63) is 65.2 Å². The minimum Gasteiger partial charge on any atom is -0.480 e. The van der Waals surface area contributed by atoms with E-state index in [1.807, 2.05) is 30.3 Å². The van der Waals surface area contributed by atoms with Gasteiger partial charge in [0.2, 0.25) is 5.91 Å². The minimum absolute atomic E-state index is 0.113. The van der Waals surface area contributed by atoms with Crippen molar-refractivity contribution < 1.29 is 24.6 Å². The zero-order chi connectivity index (χ0) is 19.4. The number of aliphatic carboxylic acids is 1. The Bertz CT molecular complexity index is 866. The van der Waals surface area contributed by atoms with E-state index in [2.05, 4.69) is 5.32 Å². The van der Waals surface area contributed by atoms with Crippen molar-refractivity contribution in [2.75, 3.05) is 11.9 Å². The largest absolute Gasteiger partial charge is 0.480 e. The van der Waals surface area contributed by atoms with Gasteiger partial charge in [-0.15, -0.1) is 0 Å². The highest BCUT2D eigenvalue weighted by molar-refractivity contribution is 5.92. The molecule has 2 aromatic carbocycles. The van der Waals surface area contributed by atoms with Crippen LogP contribution in [0.3, 0.4) is 0 Å². The van der Waals surface area contributed by atoms with Gasteiger partial charge < -0.3 is 20.4 Å². The van der Waals surface area contributed by atoms with Crippen LogP contribution in [0.25, 0.3) is 0 Å². The van der Waals surface area contributed by atoms with Gasteiger partial charge in [-0.05, 0) is 36.1 Å². The molecular formula is C20H20N2O5. The Labute approximate surface area is 156 Å². The van der Waals surface area contributed by atoms with E-state index in [1.165, 1.54) is 17.0 Å². The Morgan fingerprint density at radius 2 is 1.85 bits per heavy atom. The minimum atomic E-state index is -1.09. The standard InChI is InChI=1S/C20H20N2O5/c23-18(24)12-22-11-15-8-7-14(20(26)27)10-17(15)21-16(19(22)25)9-6-13-4-2-1-3-5-13/h1-5,7-8,10,16,21H,6,9,11-12H2,(H,23,24)(H,26,27). The van der Waals surface area contributed by atoms with Gasteiger partial charge in [-0.1, -0.05) is 36.4 Å². The highest BCUT2D eigenvalue weighted by atomic mass is 16.4. The molecule has 2 aromatic rings. The molecule has 1 aliphatic rings. The van der Waals surface area contributed by atoms with Crippen molar-refractivity contribution in [2.24, 2.45) is 0 Å². The second kappa shape index (κ2) is 7.90. The quantitative estimate of drug-likeness (QED) is 0.722. The summed E-state index contributed by atoms with van der Waals surface area (Å²) in [6.45, 7) is -0.280. The average molecular weight is 368 g/mol. The molecule has 7 nitrogen and oxygen atoms in total. The van der Waals surface area contributed by atoms with Gasteiger partial charge in [0.25, 0.3) is 0 Å². The Morgan fingerprint density at radius 3 is 2.52 bits per heavy atom. The third-order valence-corrected chi connectivity index (χ3v) is 4.55. The third-order valence-electron chi connectivity index (χ3n) is 4.55. The molecule has 0 aliphatic carbocycles. The number of aromatic carboxylic acids is 1. The van der Waals surface area contributed by atoms with E-state index in [-0.39, 0.29) is 18.0 Å². The van der Waals surface area contributed by atoms with Crippen molar-refractivity contribution in [2.45, 2.75) is 25.4 Å². The van der Waals surface area contributed by atoms with Gasteiger partial charge in [0.15, 0.2) is 0 Å². The van der Waals surface area contributed by atoms with Crippen LogP contribution in [0.15, 0.2) is 48.5 Å². The van der Waals surface area contributed by atoms with Gasteiger partial charge in [0, 0.05) is 12.2 Å². The van der Waals surface area contributed by atoms with Crippen LogP contribution in [0.1, 0.15) is 27.9 Å². The molecule has 0 bridgehead atoms. The normalized spacial score (nSPS) is 16.2. The van der Waals surface area contributed by atoms with E-state index in [4.69, 9.17) is 5.11 Å². The molecule has 27 heavy (non-hydrogen) atoms. The van der Waals surface area contributed by atoms with Crippen molar-refractivity contribution in [3.63, 3.8) is 0 Å². The molecule has 0 radical (unpaired) electrons. The van der Waals surface area contributed by atoms with Crippen LogP contribution < -0.4 is 5.32 Å². The van der Waals surface area contributed by atoms with Crippen LogP contribution in [-0.2, 0) is 22.6 Å². The van der Waals surface area contributed by atoms with E-state index >= 15 is 0 Å². The molecule has 0 saturated carbocycles. The summed E-state index contributed by atoms with van der Waals surface area (Å²) < 4.78 is 0. The molecule has 0 aromatic heterocycles. The molecule has 0 spiro atoms. The lowest BCUT2D eigenvalue weighted by Gasteiger charge is -2.23. The lowest BCUT2D eigenvalue weighted by molar-refractivity contribution is -0.145. The van der Waals surface area contributed by atoms with E-state index in [0.717, 1.165) is 5.56 Å². The molecule has 0 fully saturated rings. The smallest absolute Gasteiger partial charge is 0.335 e. The highest BCUT2D eigenvalue weighted by Crippen LogP contribution is 2.26. The lowest BCUT2D eigenvalue weighted by atomic mass is 10.0. The van der Waals surface area contributed by atoms with Crippen LogP contribution in [0, 0.1) is 0 Å². The summed E-state index contributed by atoms with van der Waals surface area (Å²) in [5.74, 6) is -2.45. The predicted molar refractivity (Wildman–Crippen MR) is 98.6 cm³/mol. The van der Waals surface area contributed by atoms with Gasteiger partial charge in [-0.3, -0.25) is 9.59 Å². The van der Waals surface area contributed by atoms with E-state index < -0.39 is 24.5 Å². The van der Waals surface area contributed by atoms with Gasteiger partial charge in [-0.2, -0.15) is 0 Å². The monoisotopic (exact) mass is 368 g/mol. The van der Waals surface area contributed by atoms with Crippen LogP contribution in [-0.4, -0.2) is 45.5 Å². The molecular weight excluding hydrogens is 348 g/mol. The average Bonchev–Trinajstić information content (AvgIpc) is 2.77. The molecule has 1 heterocycles. The number of amides is 1. The Balaban J connectivity index is 1.88. The number of hydrogen-bond acceptors (Lipinski definition) is 4. The second-order valence-electron chi connectivity index (χ2n) is 6.49. The zero-order valence-electron chi connectivity index (χ0n) is 14.6. The zero-order valence-corrected chi connectivity index (χ0v) is 14.6. The number of aryl methyl sites for hydroxylation is 1. The van der Waals surface area contributed by atoms with Crippen LogP contribution in [0.4, 0.5) is 5.69 Å². The number of benzene rings is 2. The number of carbonyl (C=O) groups is 3. The topological polar surface area (TPSA) is 107 Å². The Kier molecular flexibility index (Phi) is 5.40. The van der Waals surface area contributed by atoms with Crippen molar-refractivity contribution in [1.82, 2.24) is 4.90 Å². The Morgan fingerprint density at radius 1 is 1.11 bits per heavy atom. The molecule has 3 N–H and O–H groups in total. The van der Waals surface area contributed by atoms with Crippen LogP contribution in [0.2, 0.25) is 0 Å². The number of nitrogens with one attached hydrogen (secondary N) is 1. The Hall–Kier alpha value is -3.35. The maximum atomic E-state index is 12.9. The maximum Gasteiger partial charge on any atom is 0.335 e. The molecule has 3 rings (SSSR count). The summed E-state index contributed by atoms with van der Waals surface area (Å²) in [5, 5.41) is 21.5. The molecule has 7 heteroatoms. The summed E-state index contributed by atoms with van der Waals surface area (Å²) >= 11 is 0. The summed E-state index contributed by atoms with van der Waals surface area (Å²) in [5.41, 5.74) is 2.42. The number of anilines is 1. The number of carboxylic acid groups (broad SMARTS) is 2. The second-order valence-corrected chi connectivity index (χ2v) is 6.49. The van der Waals surface area contributed by atoms with Crippen molar-refractivity contribution >= 4 is 23.5 Å². The first-order valence-corrected chi connectivity index (χ1v) is 8.61. The maximum absolute atomic E-state index is 12.9. The van der Waals surface area contributed by atoms with Crippen LogP contribution in [0.5, 0.6) is 0 Å². The number of hydrogen-bond donors (Lipinski definition) is 3. The molecule has 1 unspecified atom stereocenters. The summed E-state index contributed by atoms with van der Waals surface area (Å²) in [6.07, 6.45) is 1.11. The molecule has 1 aliphatic heterocycles. The molecule has 1 atom stereocenters. The van der Waals surface area contributed by atoms with Gasteiger partial charge >= 0.3 is 11.9 Å². The van der Waals surface area contributed by atoms with Gasteiger partial charge in [0.1, 0.15) is 12.6 Å². The first-order chi connectivity index (χ1) is 12.9. The van der Waals surface area contributed by atoms with Crippen molar-refractivity contribution in [1.29, 1.82) is 0 Å². The fourth-order valence-electron chi connectivity index (χ4n) is 3.18. The van der Waals surface area contributed by atoms with E-state index in [1.54, 1.807) is 6.07 Å². The molecule has 0 saturated heterocycles. The number of rotatable bonds is 6. The van der Waals surface area contributed by atoms with Crippen molar-refractivity contribution in [3.8, 4) is 0 Å². The number of fused-ring (bicyclic) bond motifs is 1. The first-order valence-electron chi connectivity index (χ1n) is 8.61. The fourth-order valence-corrected chi connectivity index (χ4v) is 3.18. The molecule has 140 valence electrons. The summed E-state index contributed by atoms with van der Waals surface area (Å²) in [4.78, 5) is 36.6. The molecule has 1 amide bonds. The first kappa shape index (κ1) is 18.4. The third kappa shape index (κ3) is 4.44. The number of carboxylic acids is 2. The number of carbonyl (C=O) groups excluding carboxylic acids is 1. The van der Waals surface area contributed by atoms with E-state index in [0.29, 0.717) is 24.1 Å². The summed E-state index contributed by atoms with van der Waals surface area (Å²) in [7, 11) is 0.